The second-order valence-electron chi connectivity index (χ2n) is 4.97. The first-order valence-corrected chi connectivity index (χ1v) is 6.70. The molecule has 0 heterocycles. The Hall–Kier alpha value is -1.42. The fraction of sp³-hybridized carbons (Fsp3) is 0.571. The minimum Gasteiger partial charge on any atom is -0.316 e. The molecule has 1 N–H and O–H groups in total. The first kappa shape index (κ1) is 13.0. The van der Waals surface area contributed by atoms with E-state index < -0.39 is 0 Å². The SMILES string of the molecule is O=[N+]([O-])c1ccccc1CCNCCCC1CC1. The molecule has 0 saturated heterocycles. The van der Waals surface area contributed by atoms with E-state index in [4.69, 9.17) is 0 Å². The number of benzene rings is 1. The van der Waals surface area contributed by atoms with Gasteiger partial charge in [0.2, 0.25) is 0 Å². The molecule has 0 amide bonds. The molecule has 0 aliphatic heterocycles. The van der Waals surface area contributed by atoms with Gasteiger partial charge in [-0.3, -0.25) is 10.1 Å². The molecule has 2 rings (SSSR count). The number of rotatable bonds is 8. The first-order valence-electron chi connectivity index (χ1n) is 6.70. The predicted octanol–water partition coefficient (Wildman–Crippen LogP) is 2.92. The molecule has 4 heteroatoms. The summed E-state index contributed by atoms with van der Waals surface area (Å²) in [5.41, 5.74) is 1.05. The van der Waals surface area contributed by atoms with Crippen LogP contribution in [0.5, 0.6) is 0 Å². The summed E-state index contributed by atoms with van der Waals surface area (Å²) in [6.45, 7) is 1.84. The van der Waals surface area contributed by atoms with Crippen LogP contribution < -0.4 is 5.32 Å². The van der Waals surface area contributed by atoms with Crippen LogP contribution in [-0.2, 0) is 6.42 Å². The van der Waals surface area contributed by atoms with Gasteiger partial charge in [-0.15, -0.1) is 0 Å². The Kier molecular flexibility index (Phi) is 4.70. The van der Waals surface area contributed by atoms with E-state index in [1.54, 1.807) is 12.1 Å². The second kappa shape index (κ2) is 6.50. The Bertz CT molecular complexity index is 403. The Morgan fingerprint density at radius 3 is 2.78 bits per heavy atom. The fourth-order valence-corrected chi connectivity index (χ4v) is 2.17. The van der Waals surface area contributed by atoms with Gasteiger partial charge in [0.05, 0.1) is 4.92 Å². The van der Waals surface area contributed by atoms with Crippen molar-refractivity contribution in [3.63, 3.8) is 0 Å². The number of nitrogens with one attached hydrogen (secondary N) is 1. The van der Waals surface area contributed by atoms with Crippen LogP contribution in [0.2, 0.25) is 0 Å². The zero-order valence-electron chi connectivity index (χ0n) is 10.6. The number of hydrogen-bond acceptors (Lipinski definition) is 3. The molecule has 18 heavy (non-hydrogen) atoms. The van der Waals surface area contributed by atoms with Crippen molar-refractivity contribution >= 4 is 5.69 Å². The van der Waals surface area contributed by atoms with Crippen molar-refractivity contribution in [1.29, 1.82) is 0 Å². The number of nitro benzene ring substituents is 1. The normalized spacial score (nSPS) is 14.7. The largest absolute Gasteiger partial charge is 0.316 e. The minimum absolute atomic E-state index is 0.234. The molecule has 1 aliphatic carbocycles. The lowest BCUT2D eigenvalue weighted by atomic mass is 10.1. The molecule has 0 aromatic heterocycles. The summed E-state index contributed by atoms with van der Waals surface area (Å²) in [4.78, 5) is 10.5. The van der Waals surface area contributed by atoms with E-state index in [1.807, 2.05) is 12.1 Å². The van der Waals surface area contributed by atoms with Crippen LogP contribution in [0.4, 0.5) is 5.69 Å². The van der Waals surface area contributed by atoms with Crippen molar-refractivity contribution in [2.24, 2.45) is 5.92 Å². The second-order valence-corrected chi connectivity index (χ2v) is 4.97. The van der Waals surface area contributed by atoms with Crippen LogP contribution in [0.3, 0.4) is 0 Å². The van der Waals surface area contributed by atoms with Gasteiger partial charge >= 0.3 is 0 Å². The molecule has 1 aliphatic rings. The third kappa shape index (κ3) is 4.11. The molecule has 0 unspecified atom stereocenters. The molecule has 1 fully saturated rings. The lowest BCUT2D eigenvalue weighted by Gasteiger charge is -2.05. The van der Waals surface area contributed by atoms with E-state index in [9.17, 15) is 10.1 Å². The number of para-hydroxylation sites is 1. The fourth-order valence-electron chi connectivity index (χ4n) is 2.17. The maximum Gasteiger partial charge on any atom is 0.272 e. The smallest absolute Gasteiger partial charge is 0.272 e. The number of nitro groups is 1. The van der Waals surface area contributed by atoms with E-state index in [0.717, 1.165) is 31.0 Å². The van der Waals surface area contributed by atoms with Gasteiger partial charge in [0.25, 0.3) is 5.69 Å². The highest BCUT2D eigenvalue weighted by molar-refractivity contribution is 5.39. The summed E-state index contributed by atoms with van der Waals surface area (Å²) >= 11 is 0. The molecule has 0 radical (unpaired) electrons. The predicted molar refractivity (Wildman–Crippen MR) is 71.6 cm³/mol. The Balaban J connectivity index is 1.67. The van der Waals surface area contributed by atoms with Gasteiger partial charge in [-0.1, -0.05) is 31.0 Å². The third-order valence-electron chi connectivity index (χ3n) is 3.42. The van der Waals surface area contributed by atoms with Crippen molar-refractivity contribution in [1.82, 2.24) is 5.32 Å². The maximum absolute atomic E-state index is 10.8. The van der Waals surface area contributed by atoms with E-state index in [0.29, 0.717) is 0 Å². The molecule has 0 atom stereocenters. The summed E-state index contributed by atoms with van der Waals surface area (Å²) in [6, 6.07) is 6.98. The standard InChI is InChI=1S/C14H20N2O2/c17-16(18)14-6-2-1-5-13(14)9-11-15-10-3-4-12-7-8-12/h1-2,5-6,12,15H,3-4,7-11H2. The molecule has 98 valence electrons. The van der Waals surface area contributed by atoms with Gasteiger partial charge in [-0.25, -0.2) is 0 Å². The van der Waals surface area contributed by atoms with Crippen LogP contribution in [0.25, 0.3) is 0 Å². The van der Waals surface area contributed by atoms with Crippen molar-refractivity contribution < 1.29 is 4.92 Å². The van der Waals surface area contributed by atoms with Crippen molar-refractivity contribution in [2.75, 3.05) is 13.1 Å². The summed E-state index contributed by atoms with van der Waals surface area (Å²) in [5.74, 6) is 0.988. The minimum atomic E-state index is -0.303. The van der Waals surface area contributed by atoms with Crippen LogP contribution in [0, 0.1) is 16.0 Å². The Labute approximate surface area is 108 Å². The molecule has 4 nitrogen and oxygen atoms in total. The summed E-state index contributed by atoms with van der Waals surface area (Å²) < 4.78 is 0. The first-order chi connectivity index (χ1) is 8.77. The topological polar surface area (TPSA) is 55.2 Å². The van der Waals surface area contributed by atoms with Gasteiger partial charge < -0.3 is 5.32 Å². The molecular formula is C14H20N2O2. The van der Waals surface area contributed by atoms with E-state index >= 15 is 0 Å². The monoisotopic (exact) mass is 248 g/mol. The van der Waals surface area contributed by atoms with Gasteiger partial charge in [-0.05, 0) is 38.3 Å². The van der Waals surface area contributed by atoms with Crippen LogP contribution in [-0.4, -0.2) is 18.0 Å². The summed E-state index contributed by atoms with van der Waals surface area (Å²) in [5, 5.41) is 14.2. The van der Waals surface area contributed by atoms with Crippen LogP contribution in [0.15, 0.2) is 24.3 Å². The van der Waals surface area contributed by atoms with Crippen molar-refractivity contribution in [3.8, 4) is 0 Å². The van der Waals surface area contributed by atoms with Gasteiger partial charge in [0.15, 0.2) is 0 Å². The summed E-state index contributed by atoms with van der Waals surface area (Å²) in [6.07, 6.45) is 6.10. The van der Waals surface area contributed by atoms with Crippen molar-refractivity contribution in [2.45, 2.75) is 32.1 Å². The van der Waals surface area contributed by atoms with Gasteiger partial charge in [-0.2, -0.15) is 0 Å². The molecule has 0 spiro atoms. The quantitative estimate of drug-likeness (QED) is 0.437. The maximum atomic E-state index is 10.8. The zero-order valence-corrected chi connectivity index (χ0v) is 10.6. The number of nitrogens with zero attached hydrogens (tertiary/aromatic N) is 1. The van der Waals surface area contributed by atoms with E-state index in [-0.39, 0.29) is 10.6 Å². The molecule has 1 aromatic rings. The highest BCUT2D eigenvalue weighted by Gasteiger charge is 2.19. The van der Waals surface area contributed by atoms with Crippen LogP contribution in [0.1, 0.15) is 31.2 Å². The lowest BCUT2D eigenvalue weighted by molar-refractivity contribution is -0.385. The molecule has 1 saturated carbocycles. The Morgan fingerprint density at radius 2 is 2.06 bits per heavy atom. The highest BCUT2D eigenvalue weighted by Crippen LogP contribution is 2.33. The molecular weight excluding hydrogens is 228 g/mol. The highest BCUT2D eigenvalue weighted by atomic mass is 16.6. The zero-order chi connectivity index (χ0) is 12.8. The third-order valence-corrected chi connectivity index (χ3v) is 3.42. The molecule has 0 bridgehead atoms. The number of hydrogen-bond donors (Lipinski definition) is 1. The van der Waals surface area contributed by atoms with Crippen LogP contribution >= 0.6 is 0 Å². The van der Waals surface area contributed by atoms with Gasteiger partial charge in [0, 0.05) is 11.6 Å². The molecule has 1 aromatic carbocycles. The van der Waals surface area contributed by atoms with Gasteiger partial charge in [0.1, 0.15) is 0 Å². The van der Waals surface area contributed by atoms with Crippen molar-refractivity contribution in [3.05, 3.63) is 39.9 Å². The lowest BCUT2D eigenvalue weighted by Crippen LogP contribution is -2.19. The Morgan fingerprint density at radius 1 is 1.28 bits per heavy atom. The average Bonchev–Trinajstić information content (AvgIpc) is 3.18. The summed E-state index contributed by atoms with van der Waals surface area (Å²) in [7, 11) is 0. The average molecular weight is 248 g/mol. The van der Waals surface area contributed by atoms with E-state index in [2.05, 4.69) is 5.32 Å². The van der Waals surface area contributed by atoms with E-state index in [1.165, 1.54) is 25.7 Å².